The third-order valence-electron chi connectivity index (χ3n) is 7.17. The van der Waals surface area contributed by atoms with Gasteiger partial charge in [-0.05, 0) is 0 Å². The summed E-state index contributed by atoms with van der Waals surface area (Å²) in [5.41, 5.74) is 2.20. The van der Waals surface area contributed by atoms with Crippen LogP contribution in [0, 0.1) is 0 Å². The second-order valence-electron chi connectivity index (χ2n) is 10.8. The molecular weight excluding hydrogens is 503 g/mol. The molecule has 0 aromatic carbocycles. The van der Waals surface area contributed by atoms with Gasteiger partial charge in [-0.25, -0.2) is 0 Å². The summed E-state index contributed by atoms with van der Waals surface area (Å²) in [7, 11) is -1.76. The fourth-order valence-corrected chi connectivity index (χ4v) is 24.3. The van der Waals surface area contributed by atoms with Crippen molar-refractivity contribution in [2.45, 2.75) is 118 Å². The van der Waals surface area contributed by atoms with Crippen molar-refractivity contribution in [3.05, 3.63) is 32.1 Å². The molecule has 0 amide bonds. The fraction of sp³-hybridized carbons (Fsp3) is 0.704. The molecule has 2 aliphatic rings. The Bertz CT molecular complexity index is 730. The number of allylic oxidation sites excluding steroid dienone is 6. The molecule has 0 fully saturated rings. The summed E-state index contributed by atoms with van der Waals surface area (Å²) in [6.45, 7) is 13.9. The first-order chi connectivity index (χ1) is 14.7. The second-order valence-corrected chi connectivity index (χ2v) is 29.0. The minimum absolute atomic E-state index is 0.309. The van der Waals surface area contributed by atoms with E-state index in [1.807, 2.05) is 0 Å². The summed E-state index contributed by atoms with van der Waals surface area (Å²) in [5, 5.41) is 1.29. The normalized spacial score (nSPS) is 19.5. The molecule has 2 nitrogen and oxygen atoms in total. The van der Waals surface area contributed by atoms with Gasteiger partial charge in [0.2, 0.25) is 0 Å². The summed E-state index contributed by atoms with van der Waals surface area (Å²) < 4.78 is 5.30. The maximum atomic E-state index is 13.6. The Labute approximate surface area is 196 Å². The van der Waals surface area contributed by atoms with Crippen molar-refractivity contribution >= 4 is 38.0 Å². The van der Waals surface area contributed by atoms with Gasteiger partial charge in [0, 0.05) is 0 Å². The first kappa shape index (κ1) is 26.8. The average molecular weight is 549 g/mol. The molecule has 0 N–H and O–H groups in total. The summed E-state index contributed by atoms with van der Waals surface area (Å²) in [5.74, 6) is 0.733. The predicted molar refractivity (Wildman–Crippen MR) is 140 cm³/mol. The van der Waals surface area contributed by atoms with E-state index in [1.165, 1.54) is 66.2 Å². The van der Waals surface area contributed by atoms with Crippen LogP contribution in [0.1, 0.15) is 85.0 Å². The van der Waals surface area contributed by atoms with Crippen LogP contribution in [0.25, 0.3) is 0 Å². The number of Topliss-reactive ketones (excluding diaryl/α,β-unsaturated/α-hetero) is 2. The van der Waals surface area contributed by atoms with Crippen molar-refractivity contribution < 1.29 is 9.59 Å². The monoisotopic (exact) mass is 550 g/mol. The molecule has 0 spiro atoms. The third kappa shape index (κ3) is 6.78. The van der Waals surface area contributed by atoms with Gasteiger partial charge < -0.3 is 0 Å². The summed E-state index contributed by atoms with van der Waals surface area (Å²) in [6, 6.07) is 0. The maximum absolute atomic E-state index is 13.6. The van der Waals surface area contributed by atoms with Crippen LogP contribution in [0.5, 0.6) is 0 Å². The Hall–Kier alpha value is -0.424. The molecule has 174 valence electrons. The second kappa shape index (κ2) is 12.2. The Morgan fingerprint density at radius 2 is 1.45 bits per heavy atom. The molecule has 0 saturated carbocycles. The molecule has 31 heavy (non-hydrogen) atoms. The quantitative estimate of drug-likeness (QED) is 0.231. The average Bonchev–Trinajstić information content (AvgIpc) is 3.10. The van der Waals surface area contributed by atoms with E-state index in [4.69, 9.17) is 0 Å². The molecule has 0 atom stereocenters. The number of hydrogen-bond acceptors (Lipinski definition) is 2. The van der Waals surface area contributed by atoms with Crippen LogP contribution in [0.15, 0.2) is 32.1 Å². The fourth-order valence-electron chi connectivity index (χ4n) is 5.57. The van der Waals surface area contributed by atoms with Crippen LogP contribution in [-0.2, 0) is 9.59 Å². The van der Waals surface area contributed by atoms with Crippen molar-refractivity contribution in [3.8, 4) is 0 Å². The first-order valence-electron chi connectivity index (χ1n) is 12.9. The van der Waals surface area contributed by atoms with Crippen molar-refractivity contribution in [1.29, 1.82) is 0 Å². The van der Waals surface area contributed by atoms with E-state index >= 15 is 0 Å². The van der Waals surface area contributed by atoms with Gasteiger partial charge >= 0.3 is 198 Å². The minimum atomic E-state index is -2.75. The van der Waals surface area contributed by atoms with E-state index in [0.29, 0.717) is 24.4 Å². The predicted octanol–water partition coefficient (Wildman–Crippen LogP) is 8.13. The Morgan fingerprint density at radius 1 is 0.903 bits per heavy atom. The van der Waals surface area contributed by atoms with E-state index in [1.54, 1.807) is 0 Å². The van der Waals surface area contributed by atoms with Gasteiger partial charge in [0.1, 0.15) is 0 Å². The molecule has 4 heteroatoms. The summed E-state index contributed by atoms with van der Waals surface area (Å²) in [4.78, 5) is 26.4. The Morgan fingerprint density at radius 3 is 1.90 bits per heavy atom. The Kier molecular flexibility index (Phi) is 10.5. The molecule has 0 unspecified atom stereocenters. The van der Waals surface area contributed by atoms with E-state index in [-0.39, 0.29) is 0 Å². The van der Waals surface area contributed by atoms with Crippen molar-refractivity contribution in [2.75, 3.05) is 0 Å². The molecule has 0 aromatic rings. The molecule has 0 aromatic heterocycles. The van der Waals surface area contributed by atoms with Crippen molar-refractivity contribution in [3.63, 3.8) is 0 Å². The molecule has 0 radical (unpaired) electrons. The number of carbonyl (C=O) groups is 2. The van der Waals surface area contributed by atoms with Crippen molar-refractivity contribution in [1.82, 2.24) is 0 Å². The van der Waals surface area contributed by atoms with E-state index in [2.05, 4.69) is 52.6 Å². The molecule has 2 rings (SSSR count). The van der Waals surface area contributed by atoms with Crippen LogP contribution in [-0.4, -0.2) is 38.0 Å². The van der Waals surface area contributed by atoms with Gasteiger partial charge in [0.25, 0.3) is 0 Å². The Balaban J connectivity index is 2.62. The van der Waals surface area contributed by atoms with Gasteiger partial charge in [-0.2, -0.15) is 0 Å². The summed E-state index contributed by atoms with van der Waals surface area (Å²) >= 11 is -2.75. The SMILES string of the molecule is CCC[CH2][Sn]([CH2]CCC)([CH2]CCC)[C]1=C/C(=C(\C2=CCCCC2=O)[Si](C)(C)C)CC1=O. The standard InChI is InChI=1S/C15H19O2Si.3C4H9.Sn/c1-18(2,3)15(11-8-9-12(16)10-11)13-6-4-5-7-14(13)17;3*1-3-4-2;/h6,8H,4-5,7,10H2,1-3H3;3*1,3-4H2,2H3;/b15-11-;;;;. The van der Waals surface area contributed by atoms with Gasteiger partial charge in [-0.15, -0.1) is 0 Å². The molecule has 0 bridgehead atoms. The first-order valence-corrected chi connectivity index (χ1v) is 23.9. The number of unbranched alkanes of at least 4 members (excludes halogenated alkanes) is 3. The molecule has 0 saturated heterocycles. The van der Waals surface area contributed by atoms with Gasteiger partial charge in [-0.3, -0.25) is 0 Å². The molecular formula is C27H46O2SiSn. The van der Waals surface area contributed by atoms with Crippen molar-refractivity contribution in [2.24, 2.45) is 0 Å². The van der Waals surface area contributed by atoms with Gasteiger partial charge in [0.05, 0.1) is 0 Å². The summed E-state index contributed by atoms with van der Waals surface area (Å²) in [6.07, 6.45) is 15.3. The van der Waals surface area contributed by atoms with Gasteiger partial charge in [0.15, 0.2) is 0 Å². The van der Waals surface area contributed by atoms with Crippen LogP contribution < -0.4 is 0 Å². The topological polar surface area (TPSA) is 34.1 Å². The van der Waals surface area contributed by atoms with Crippen LogP contribution in [0.2, 0.25) is 33.0 Å². The number of carbonyl (C=O) groups excluding carboxylic acids is 2. The zero-order valence-corrected chi connectivity index (χ0v) is 25.0. The number of hydrogen-bond donors (Lipinski definition) is 0. The third-order valence-corrected chi connectivity index (χ3v) is 24.9. The van der Waals surface area contributed by atoms with E-state index in [0.717, 1.165) is 18.4 Å². The molecule has 0 aliphatic heterocycles. The van der Waals surface area contributed by atoms with Crippen LogP contribution in [0.4, 0.5) is 0 Å². The van der Waals surface area contributed by atoms with Crippen LogP contribution >= 0.6 is 0 Å². The zero-order chi connectivity index (χ0) is 23.1. The van der Waals surface area contributed by atoms with Crippen LogP contribution in [0.3, 0.4) is 0 Å². The number of ketones is 2. The zero-order valence-electron chi connectivity index (χ0n) is 21.2. The molecule has 2 aliphatic carbocycles. The molecule has 0 heterocycles. The number of rotatable bonds is 12. The van der Waals surface area contributed by atoms with E-state index < -0.39 is 26.5 Å². The van der Waals surface area contributed by atoms with Gasteiger partial charge in [-0.1, -0.05) is 0 Å². The van der Waals surface area contributed by atoms with E-state index in [9.17, 15) is 9.59 Å².